The highest BCUT2D eigenvalue weighted by atomic mass is 32.2. The van der Waals surface area contributed by atoms with Crippen molar-refractivity contribution >= 4 is 15.7 Å². The topological polar surface area (TPSA) is 49.9 Å². The lowest BCUT2D eigenvalue weighted by Gasteiger charge is -2.35. The van der Waals surface area contributed by atoms with Crippen LogP contribution < -0.4 is 9.64 Å². The first-order chi connectivity index (χ1) is 11.9. The van der Waals surface area contributed by atoms with Crippen molar-refractivity contribution in [3.8, 4) is 5.75 Å². The summed E-state index contributed by atoms with van der Waals surface area (Å²) in [6, 6.07) is 9.50. The minimum Gasteiger partial charge on any atom is -0.495 e. The largest absolute Gasteiger partial charge is 0.495 e. The average molecular weight is 368 g/mol. The third-order valence-electron chi connectivity index (χ3n) is 4.17. The van der Waals surface area contributed by atoms with Gasteiger partial charge in [0.25, 0.3) is 0 Å². The van der Waals surface area contributed by atoms with Crippen LogP contribution in [0.5, 0.6) is 5.75 Å². The molecule has 134 valence electrons. The van der Waals surface area contributed by atoms with Crippen LogP contribution in [0.1, 0.15) is 0 Å². The molecule has 0 unspecified atom stereocenters. The van der Waals surface area contributed by atoms with E-state index in [1.165, 1.54) is 29.6 Å². The summed E-state index contributed by atoms with van der Waals surface area (Å²) < 4.78 is 58.5. The van der Waals surface area contributed by atoms with Gasteiger partial charge in [0.1, 0.15) is 22.3 Å². The predicted octanol–water partition coefficient (Wildman–Crippen LogP) is 2.48. The molecule has 0 bridgehead atoms. The Bertz CT molecular complexity index is 849. The van der Waals surface area contributed by atoms with Crippen molar-refractivity contribution in [2.24, 2.45) is 0 Å². The van der Waals surface area contributed by atoms with Gasteiger partial charge >= 0.3 is 0 Å². The summed E-state index contributed by atoms with van der Waals surface area (Å²) in [5, 5.41) is 0. The fourth-order valence-corrected chi connectivity index (χ4v) is 4.42. The smallest absolute Gasteiger partial charge is 0.246 e. The molecule has 3 rings (SSSR count). The third-order valence-corrected chi connectivity index (χ3v) is 6.09. The van der Waals surface area contributed by atoms with Gasteiger partial charge in [0, 0.05) is 31.9 Å². The lowest BCUT2D eigenvalue weighted by Crippen LogP contribution is -2.48. The van der Waals surface area contributed by atoms with Crippen molar-refractivity contribution in [2.45, 2.75) is 4.90 Å². The summed E-state index contributed by atoms with van der Waals surface area (Å²) in [6.45, 7) is 1.42. The van der Waals surface area contributed by atoms with Crippen molar-refractivity contribution < 1.29 is 21.9 Å². The zero-order valence-electron chi connectivity index (χ0n) is 13.7. The number of hydrogen-bond acceptors (Lipinski definition) is 4. The molecule has 1 aliphatic rings. The van der Waals surface area contributed by atoms with E-state index in [1.54, 1.807) is 12.1 Å². The van der Waals surface area contributed by atoms with Crippen LogP contribution in [0.4, 0.5) is 14.5 Å². The van der Waals surface area contributed by atoms with E-state index in [0.717, 1.165) is 17.8 Å². The minimum absolute atomic E-state index is 0.113. The SMILES string of the molecule is COc1ccc(F)cc1S(=O)(=O)N1CCN(c2ccc(F)cc2)CC1. The molecule has 0 N–H and O–H groups in total. The van der Waals surface area contributed by atoms with E-state index in [4.69, 9.17) is 4.74 Å². The molecule has 25 heavy (non-hydrogen) atoms. The van der Waals surface area contributed by atoms with Crippen LogP contribution in [0.15, 0.2) is 47.4 Å². The fraction of sp³-hybridized carbons (Fsp3) is 0.294. The van der Waals surface area contributed by atoms with Crippen molar-refractivity contribution in [2.75, 3.05) is 38.2 Å². The number of anilines is 1. The first-order valence-corrected chi connectivity index (χ1v) is 9.20. The summed E-state index contributed by atoms with van der Waals surface area (Å²) in [7, 11) is -2.51. The van der Waals surface area contributed by atoms with Gasteiger partial charge in [0.05, 0.1) is 7.11 Å². The number of ether oxygens (including phenoxy) is 1. The highest BCUT2D eigenvalue weighted by molar-refractivity contribution is 7.89. The normalized spacial score (nSPS) is 16.0. The molecule has 1 heterocycles. The Balaban J connectivity index is 1.78. The second-order valence-electron chi connectivity index (χ2n) is 5.66. The van der Waals surface area contributed by atoms with Crippen molar-refractivity contribution in [1.82, 2.24) is 4.31 Å². The quantitative estimate of drug-likeness (QED) is 0.832. The number of benzene rings is 2. The van der Waals surface area contributed by atoms with Crippen LogP contribution in [0.2, 0.25) is 0 Å². The number of sulfonamides is 1. The summed E-state index contributed by atoms with van der Waals surface area (Å²) >= 11 is 0. The Morgan fingerprint density at radius 3 is 2.12 bits per heavy atom. The average Bonchev–Trinajstić information content (AvgIpc) is 2.62. The molecule has 0 spiro atoms. The Morgan fingerprint density at radius 1 is 0.920 bits per heavy atom. The molecule has 1 aliphatic heterocycles. The number of halogens is 2. The maximum atomic E-state index is 13.5. The second-order valence-corrected chi connectivity index (χ2v) is 7.57. The molecule has 2 aromatic rings. The van der Waals surface area contributed by atoms with Gasteiger partial charge in [-0.25, -0.2) is 17.2 Å². The molecule has 0 radical (unpaired) electrons. The zero-order chi connectivity index (χ0) is 18.0. The molecule has 2 aromatic carbocycles. The van der Waals surface area contributed by atoms with E-state index in [-0.39, 0.29) is 29.6 Å². The molecular weight excluding hydrogens is 350 g/mol. The molecule has 1 fully saturated rings. The number of rotatable bonds is 4. The van der Waals surface area contributed by atoms with Crippen molar-refractivity contribution in [1.29, 1.82) is 0 Å². The fourth-order valence-electron chi connectivity index (χ4n) is 2.83. The van der Waals surface area contributed by atoms with Crippen LogP contribution in [0.3, 0.4) is 0 Å². The number of methoxy groups -OCH3 is 1. The zero-order valence-corrected chi connectivity index (χ0v) is 14.5. The van der Waals surface area contributed by atoms with Gasteiger partial charge in [-0.05, 0) is 42.5 Å². The molecule has 0 aliphatic carbocycles. The molecule has 0 amide bonds. The van der Waals surface area contributed by atoms with E-state index < -0.39 is 15.8 Å². The van der Waals surface area contributed by atoms with Gasteiger partial charge in [0.2, 0.25) is 10.0 Å². The summed E-state index contributed by atoms with van der Waals surface area (Å²) in [4.78, 5) is 1.80. The monoisotopic (exact) mass is 368 g/mol. The van der Waals surface area contributed by atoms with Gasteiger partial charge in [-0.1, -0.05) is 0 Å². The summed E-state index contributed by atoms with van der Waals surface area (Å²) in [5.41, 5.74) is 0.835. The molecule has 1 saturated heterocycles. The molecule has 0 saturated carbocycles. The van der Waals surface area contributed by atoms with Gasteiger partial charge in [-0.15, -0.1) is 0 Å². The number of piperazine rings is 1. The second kappa shape index (κ2) is 6.97. The number of hydrogen-bond donors (Lipinski definition) is 0. The Morgan fingerprint density at radius 2 is 1.52 bits per heavy atom. The van der Waals surface area contributed by atoms with E-state index in [2.05, 4.69) is 0 Å². The summed E-state index contributed by atoms with van der Waals surface area (Å²) in [5.74, 6) is -0.838. The van der Waals surface area contributed by atoms with Crippen LogP contribution in [0.25, 0.3) is 0 Å². The predicted molar refractivity (Wildman–Crippen MR) is 90.3 cm³/mol. The van der Waals surface area contributed by atoms with E-state index in [9.17, 15) is 17.2 Å². The van der Waals surface area contributed by atoms with Crippen molar-refractivity contribution in [3.05, 3.63) is 54.1 Å². The Kier molecular flexibility index (Phi) is 4.91. The minimum atomic E-state index is -3.86. The van der Waals surface area contributed by atoms with E-state index in [1.807, 2.05) is 4.90 Å². The highest BCUT2D eigenvalue weighted by Crippen LogP contribution is 2.28. The van der Waals surface area contributed by atoms with Crippen LogP contribution in [-0.2, 0) is 10.0 Å². The van der Waals surface area contributed by atoms with Crippen LogP contribution >= 0.6 is 0 Å². The molecule has 5 nitrogen and oxygen atoms in total. The lowest BCUT2D eigenvalue weighted by atomic mass is 10.2. The third kappa shape index (κ3) is 3.59. The van der Waals surface area contributed by atoms with Gasteiger partial charge in [-0.2, -0.15) is 4.31 Å². The maximum Gasteiger partial charge on any atom is 0.246 e. The van der Waals surface area contributed by atoms with Gasteiger partial charge < -0.3 is 9.64 Å². The maximum absolute atomic E-state index is 13.5. The van der Waals surface area contributed by atoms with Gasteiger partial charge in [-0.3, -0.25) is 0 Å². The standard InChI is InChI=1S/C17H18F2N2O3S/c1-24-16-7-4-14(19)12-17(16)25(22,23)21-10-8-20(9-11-21)15-5-2-13(18)3-6-15/h2-7,12H,8-11H2,1H3. The Labute approximate surface area is 145 Å². The highest BCUT2D eigenvalue weighted by Gasteiger charge is 2.31. The van der Waals surface area contributed by atoms with E-state index in [0.29, 0.717) is 13.1 Å². The molecular formula is C17H18F2N2O3S. The lowest BCUT2D eigenvalue weighted by molar-refractivity contribution is 0.373. The molecule has 0 aromatic heterocycles. The molecule has 8 heteroatoms. The van der Waals surface area contributed by atoms with E-state index >= 15 is 0 Å². The number of nitrogens with zero attached hydrogens (tertiary/aromatic N) is 2. The van der Waals surface area contributed by atoms with Gasteiger partial charge in [0.15, 0.2) is 0 Å². The Hall–Kier alpha value is -2.19. The van der Waals surface area contributed by atoms with Crippen LogP contribution in [0, 0.1) is 11.6 Å². The summed E-state index contributed by atoms with van der Waals surface area (Å²) in [6.07, 6.45) is 0. The van der Waals surface area contributed by atoms with Crippen molar-refractivity contribution in [3.63, 3.8) is 0 Å². The molecule has 0 atom stereocenters. The first-order valence-electron chi connectivity index (χ1n) is 7.76. The first kappa shape index (κ1) is 17.6. The van der Waals surface area contributed by atoms with Crippen LogP contribution in [-0.4, -0.2) is 46.0 Å².